The highest BCUT2D eigenvalue weighted by molar-refractivity contribution is 7.89. The molecule has 0 radical (unpaired) electrons. The van der Waals surface area contributed by atoms with Crippen molar-refractivity contribution in [3.63, 3.8) is 0 Å². The number of carboxylic acids is 1. The number of carbonyl (C=O) groups is 1. The van der Waals surface area contributed by atoms with Crippen molar-refractivity contribution in [2.45, 2.75) is 24.0 Å². The van der Waals surface area contributed by atoms with Gasteiger partial charge in [-0.05, 0) is 38.7 Å². The molecule has 0 aliphatic carbocycles. The highest BCUT2D eigenvalue weighted by Crippen LogP contribution is 2.26. The third-order valence-electron chi connectivity index (χ3n) is 3.94. The Bertz CT molecular complexity index is 686. The molecule has 1 saturated heterocycles. The van der Waals surface area contributed by atoms with Gasteiger partial charge in [-0.1, -0.05) is 6.07 Å². The summed E-state index contributed by atoms with van der Waals surface area (Å²) in [5.41, 5.74) is 0.404. The number of rotatable bonds is 4. The molecule has 1 heterocycles. The molecule has 0 saturated carbocycles. The molecule has 122 valence electrons. The predicted octanol–water partition coefficient (Wildman–Crippen LogP) is -0.0114. The average molecular weight is 328 g/mol. The number of aliphatic hydroxyl groups excluding tert-OH is 1. The lowest BCUT2D eigenvalue weighted by molar-refractivity contribution is 0.0696. The van der Waals surface area contributed by atoms with Crippen molar-refractivity contribution in [3.8, 4) is 0 Å². The van der Waals surface area contributed by atoms with Crippen molar-refractivity contribution in [2.75, 3.05) is 27.2 Å². The van der Waals surface area contributed by atoms with E-state index in [1.165, 1.54) is 22.5 Å². The van der Waals surface area contributed by atoms with Gasteiger partial charge < -0.3 is 15.1 Å². The van der Waals surface area contributed by atoms with Gasteiger partial charge in [0.15, 0.2) is 0 Å². The monoisotopic (exact) mass is 328 g/mol. The first-order chi connectivity index (χ1) is 10.1. The number of β-amino-alcohol motifs (C(OH)–C–C–N with tert-alkyl or cyclic N) is 1. The summed E-state index contributed by atoms with van der Waals surface area (Å²) < 4.78 is 26.7. The minimum Gasteiger partial charge on any atom is -0.478 e. The zero-order chi connectivity index (χ0) is 16.7. The number of sulfonamides is 1. The van der Waals surface area contributed by atoms with Crippen molar-refractivity contribution in [3.05, 3.63) is 29.3 Å². The second-order valence-electron chi connectivity index (χ2n) is 5.71. The van der Waals surface area contributed by atoms with Crippen LogP contribution in [0.3, 0.4) is 0 Å². The topological polar surface area (TPSA) is 98.1 Å². The summed E-state index contributed by atoms with van der Waals surface area (Å²) in [6, 6.07) is 3.74. The number of aromatic carboxylic acids is 1. The second kappa shape index (κ2) is 5.96. The van der Waals surface area contributed by atoms with Crippen LogP contribution in [0.1, 0.15) is 15.9 Å². The van der Waals surface area contributed by atoms with Crippen LogP contribution in [0.5, 0.6) is 0 Å². The summed E-state index contributed by atoms with van der Waals surface area (Å²) in [5, 5.41) is 19.0. The zero-order valence-electron chi connectivity index (χ0n) is 12.7. The molecule has 2 rings (SSSR count). The molecule has 2 atom stereocenters. The van der Waals surface area contributed by atoms with Crippen LogP contribution in [0.15, 0.2) is 23.1 Å². The van der Waals surface area contributed by atoms with Gasteiger partial charge in [-0.2, -0.15) is 4.31 Å². The smallest absolute Gasteiger partial charge is 0.335 e. The number of hydrogen-bond acceptors (Lipinski definition) is 5. The molecule has 1 aromatic rings. The van der Waals surface area contributed by atoms with E-state index in [4.69, 9.17) is 5.11 Å². The fourth-order valence-corrected chi connectivity index (χ4v) is 4.32. The van der Waals surface area contributed by atoms with Crippen molar-refractivity contribution in [2.24, 2.45) is 0 Å². The molecular formula is C14H20N2O5S. The van der Waals surface area contributed by atoms with Crippen molar-refractivity contribution >= 4 is 16.0 Å². The normalized spacial score (nSPS) is 23.1. The van der Waals surface area contributed by atoms with Crippen LogP contribution in [-0.4, -0.2) is 73.1 Å². The van der Waals surface area contributed by atoms with E-state index < -0.39 is 22.1 Å². The molecular weight excluding hydrogens is 308 g/mol. The minimum absolute atomic E-state index is 0.00190. The number of hydrogen-bond donors (Lipinski definition) is 2. The lowest BCUT2D eigenvalue weighted by atomic mass is 10.1. The van der Waals surface area contributed by atoms with Gasteiger partial charge >= 0.3 is 5.97 Å². The van der Waals surface area contributed by atoms with Crippen LogP contribution >= 0.6 is 0 Å². The van der Waals surface area contributed by atoms with Gasteiger partial charge in [0.1, 0.15) is 0 Å². The Morgan fingerprint density at radius 3 is 2.45 bits per heavy atom. The van der Waals surface area contributed by atoms with E-state index in [0.717, 1.165) is 0 Å². The first-order valence-corrected chi connectivity index (χ1v) is 8.27. The van der Waals surface area contributed by atoms with E-state index in [2.05, 4.69) is 0 Å². The molecule has 0 bridgehead atoms. The predicted molar refractivity (Wildman–Crippen MR) is 80.4 cm³/mol. The molecule has 0 spiro atoms. The number of carboxylic acid groups (broad SMARTS) is 1. The Morgan fingerprint density at radius 2 is 1.95 bits per heavy atom. The molecule has 1 aliphatic heterocycles. The second-order valence-corrected chi connectivity index (χ2v) is 7.61. The van der Waals surface area contributed by atoms with Crippen molar-refractivity contribution < 1.29 is 23.4 Å². The molecule has 7 nitrogen and oxygen atoms in total. The molecule has 1 aliphatic rings. The zero-order valence-corrected chi connectivity index (χ0v) is 13.5. The molecule has 0 amide bonds. The first-order valence-electron chi connectivity index (χ1n) is 6.83. The van der Waals surface area contributed by atoms with Crippen molar-refractivity contribution in [1.82, 2.24) is 9.21 Å². The SMILES string of the molecule is Cc1ccc(C(=O)O)cc1S(=O)(=O)N1C[C@H](O)[C@@H](N(C)C)C1. The maximum Gasteiger partial charge on any atom is 0.335 e. The van der Waals surface area contributed by atoms with Crippen LogP contribution in [-0.2, 0) is 10.0 Å². The van der Waals surface area contributed by atoms with Gasteiger partial charge in [0, 0.05) is 13.1 Å². The van der Waals surface area contributed by atoms with Crippen molar-refractivity contribution in [1.29, 1.82) is 0 Å². The van der Waals surface area contributed by atoms with E-state index in [1.807, 2.05) is 0 Å². The number of nitrogens with zero attached hydrogens (tertiary/aromatic N) is 2. The number of aryl methyl sites for hydroxylation is 1. The van der Waals surface area contributed by atoms with Crippen LogP contribution in [0.2, 0.25) is 0 Å². The van der Waals surface area contributed by atoms with E-state index in [-0.39, 0.29) is 29.6 Å². The van der Waals surface area contributed by atoms with E-state index in [0.29, 0.717) is 5.56 Å². The Morgan fingerprint density at radius 1 is 1.32 bits per heavy atom. The maximum atomic E-state index is 12.7. The van der Waals surface area contributed by atoms with Gasteiger partial charge in [0.25, 0.3) is 0 Å². The van der Waals surface area contributed by atoms with Crippen LogP contribution in [0, 0.1) is 6.92 Å². The Kier molecular flexibility index (Phi) is 4.57. The first kappa shape index (κ1) is 16.9. The van der Waals surface area contributed by atoms with Crippen LogP contribution in [0.4, 0.5) is 0 Å². The summed E-state index contributed by atoms with van der Waals surface area (Å²) in [7, 11) is -0.285. The third-order valence-corrected chi connectivity index (χ3v) is 5.92. The van der Waals surface area contributed by atoms with Crippen LogP contribution in [0.25, 0.3) is 0 Å². The standard InChI is InChI=1S/C14H20N2O5S/c1-9-4-5-10(14(18)19)6-13(9)22(20,21)16-7-11(15(2)3)12(17)8-16/h4-6,11-12,17H,7-8H2,1-3H3,(H,18,19)/t11-,12-/m0/s1. The summed E-state index contributed by atoms with van der Waals surface area (Å²) in [4.78, 5) is 12.8. The molecule has 0 aromatic heterocycles. The summed E-state index contributed by atoms with van der Waals surface area (Å²) in [6.45, 7) is 1.80. The Balaban J connectivity index is 2.40. The maximum absolute atomic E-state index is 12.7. The van der Waals surface area contributed by atoms with E-state index >= 15 is 0 Å². The molecule has 0 unspecified atom stereocenters. The van der Waals surface area contributed by atoms with Gasteiger partial charge in [-0.25, -0.2) is 13.2 Å². The highest BCUT2D eigenvalue weighted by Gasteiger charge is 2.40. The molecule has 1 aromatic carbocycles. The summed E-state index contributed by atoms with van der Waals surface area (Å²) in [6.07, 6.45) is -0.771. The Hall–Kier alpha value is -1.48. The number of aliphatic hydroxyl groups is 1. The van der Waals surface area contributed by atoms with Gasteiger partial charge in [-0.3, -0.25) is 0 Å². The lowest BCUT2D eigenvalue weighted by Gasteiger charge is -2.22. The van der Waals surface area contributed by atoms with E-state index in [1.54, 1.807) is 25.9 Å². The minimum atomic E-state index is -3.84. The number of likely N-dealkylation sites (N-methyl/N-ethyl adjacent to an activating group) is 1. The summed E-state index contributed by atoms with van der Waals surface area (Å²) in [5.74, 6) is -1.18. The molecule has 8 heteroatoms. The van der Waals surface area contributed by atoms with E-state index in [9.17, 15) is 18.3 Å². The highest BCUT2D eigenvalue weighted by atomic mass is 32.2. The van der Waals surface area contributed by atoms with Gasteiger partial charge in [0.2, 0.25) is 10.0 Å². The van der Waals surface area contributed by atoms with Crippen LogP contribution < -0.4 is 0 Å². The fourth-order valence-electron chi connectivity index (χ4n) is 2.59. The number of benzene rings is 1. The molecule has 22 heavy (non-hydrogen) atoms. The summed E-state index contributed by atoms with van der Waals surface area (Å²) >= 11 is 0. The molecule has 1 fully saturated rings. The quantitative estimate of drug-likeness (QED) is 0.807. The fraction of sp³-hybridized carbons (Fsp3) is 0.500. The van der Waals surface area contributed by atoms with Gasteiger partial charge in [0.05, 0.1) is 22.6 Å². The molecule has 2 N–H and O–H groups in total. The average Bonchev–Trinajstić information content (AvgIpc) is 2.81. The third kappa shape index (κ3) is 3.00. The lowest BCUT2D eigenvalue weighted by Crippen LogP contribution is -2.38. The van der Waals surface area contributed by atoms with Gasteiger partial charge in [-0.15, -0.1) is 0 Å². The largest absolute Gasteiger partial charge is 0.478 e. The Labute approximate surface area is 129 Å².